The monoisotopic (exact) mass is 199 g/mol. The molecule has 1 heterocycles. The number of hydrogen-bond acceptors (Lipinski definition) is 4. The highest BCUT2D eigenvalue weighted by Crippen LogP contribution is 2.22. The fourth-order valence-electron chi connectivity index (χ4n) is 1.30. The molecule has 0 aromatic carbocycles. The molecule has 0 bridgehead atoms. The quantitative estimate of drug-likeness (QED) is 0.805. The van der Waals surface area contributed by atoms with Crippen LogP contribution in [-0.2, 0) is 6.42 Å². The SMILES string of the molecule is CNC(Cc1ncns1)C(C)(C)C. The fraction of sp³-hybridized carbons (Fsp3) is 0.778. The van der Waals surface area contributed by atoms with Crippen molar-refractivity contribution in [3.8, 4) is 0 Å². The topological polar surface area (TPSA) is 37.8 Å². The molecule has 1 unspecified atom stereocenters. The molecule has 0 radical (unpaired) electrons. The molecule has 3 nitrogen and oxygen atoms in total. The molecule has 0 saturated heterocycles. The van der Waals surface area contributed by atoms with Gasteiger partial charge in [0.2, 0.25) is 0 Å². The van der Waals surface area contributed by atoms with Crippen molar-refractivity contribution in [3.63, 3.8) is 0 Å². The van der Waals surface area contributed by atoms with Gasteiger partial charge in [0.15, 0.2) is 0 Å². The van der Waals surface area contributed by atoms with E-state index in [1.54, 1.807) is 6.33 Å². The minimum Gasteiger partial charge on any atom is -0.316 e. The summed E-state index contributed by atoms with van der Waals surface area (Å²) in [5.74, 6) is 0. The Labute approximate surface area is 83.8 Å². The molecule has 1 aromatic heterocycles. The van der Waals surface area contributed by atoms with E-state index in [9.17, 15) is 0 Å². The summed E-state index contributed by atoms with van der Waals surface area (Å²) in [5.41, 5.74) is 0.264. The van der Waals surface area contributed by atoms with Gasteiger partial charge in [-0.05, 0) is 24.0 Å². The zero-order chi connectivity index (χ0) is 9.90. The van der Waals surface area contributed by atoms with Crippen molar-refractivity contribution in [1.82, 2.24) is 14.7 Å². The first-order chi connectivity index (χ1) is 6.04. The van der Waals surface area contributed by atoms with Crippen molar-refractivity contribution in [2.24, 2.45) is 5.41 Å². The number of nitrogens with zero attached hydrogens (tertiary/aromatic N) is 2. The number of nitrogens with one attached hydrogen (secondary N) is 1. The molecule has 4 heteroatoms. The lowest BCUT2D eigenvalue weighted by Crippen LogP contribution is -2.39. The minimum absolute atomic E-state index is 0.264. The van der Waals surface area contributed by atoms with Gasteiger partial charge in [-0.1, -0.05) is 20.8 Å². The summed E-state index contributed by atoms with van der Waals surface area (Å²) in [4.78, 5) is 4.18. The Kier molecular flexibility index (Phi) is 3.39. The molecule has 0 fully saturated rings. The van der Waals surface area contributed by atoms with E-state index < -0.39 is 0 Å². The van der Waals surface area contributed by atoms with Crippen molar-refractivity contribution in [1.29, 1.82) is 0 Å². The number of hydrogen-bond donors (Lipinski definition) is 1. The van der Waals surface area contributed by atoms with Gasteiger partial charge in [0, 0.05) is 12.5 Å². The molecule has 1 aromatic rings. The number of likely N-dealkylation sites (N-methyl/N-ethyl adjacent to an activating group) is 1. The smallest absolute Gasteiger partial charge is 0.129 e. The second-order valence-corrected chi connectivity index (χ2v) is 5.11. The zero-order valence-corrected chi connectivity index (χ0v) is 9.48. The van der Waals surface area contributed by atoms with Crippen LogP contribution in [0.4, 0.5) is 0 Å². The number of aromatic nitrogens is 2. The summed E-state index contributed by atoms with van der Waals surface area (Å²) < 4.78 is 3.99. The molecule has 1 N–H and O–H groups in total. The summed E-state index contributed by atoms with van der Waals surface area (Å²) in [6.07, 6.45) is 2.58. The summed E-state index contributed by atoms with van der Waals surface area (Å²) in [5, 5.41) is 4.42. The molecule has 13 heavy (non-hydrogen) atoms. The maximum absolute atomic E-state index is 4.18. The highest BCUT2D eigenvalue weighted by atomic mass is 32.1. The normalized spacial score (nSPS) is 14.5. The number of rotatable bonds is 3. The van der Waals surface area contributed by atoms with Crippen molar-refractivity contribution in [2.75, 3.05) is 7.05 Å². The average Bonchev–Trinajstić information content (AvgIpc) is 2.49. The lowest BCUT2D eigenvalue weighted by Gasteiger charge is -2.29. The van der Waals surface area contributed by atoms with Crippen LogP contribution < -0.4 is 5.32 Å². The molecule has 74 valence electrons. The molecule has 1 rings (SSSR count). The molecule has 0 aliphatic heterocycles. The second-order valence-electron chi connectivity index (χ2n) is 4.25. The van der Waals surface area contributed by atoms with Crippen molar-refractivity contribution in [2.45, 2.75) is 33.2 Å². The first kappa shape index (κ1) is 10.6. The molecule has 0 amide bonds. The lowest BCUT2D eigenvalue weighted by molar-refractivity contribution is 0.279. The summed E-state index contributed by atoms with van der Waals surface area (Å²) >= 11 is 1.48. The first-order valence-electron chi connectivity index (χ1n) is 4.47. The van der Waals surface area contributed by atoms with E-state index >= 15 is 0 Å². The Hall–Kier alpha value is -0.480. The van der Waals surface area contributed by atoms with Gasteiger partial charge in [-0.2, -0.15) is 4.37 Å². The third-order valence-corrected chi connectivity index (χ3v) is 2.86. The largest absolute Gasteiger partial charge is 0.316 e. The van der Waals surface area contributed by atoms with E-state index in [0.717, 1.165) is 11.4 Å². The standard InChI is InChI=1S/C9H17N3S/c1-9(2,3)7(10-4)5-8-11-6-12-13-8/h6-7,10H,5H2,1-4H3. The van der Waals surface area contributed by atoms with Gasteiger partial charge < -0.3 is 5.32 Å². The maximum atomic E-state index is 4.18. The first-order valence-corrected chi connectivity index (χ1v) is 5.24. The Balaban J connectivity index is 2.60. The fourth-order valence-corrected chi connectivity index (χ4v) is 1.85. The van der Waals surface area contributed by atoms with E-state index in [0.29, 0.717) is 6.04 Å². The van der Waals surface area contributed by atoms with Gasteiger partial charge in [-0.3, -0.25) is 0 Å². The van der Waals surface area contributed by atoms with Gasteiger partial charge in [0.05, 0.1) is 0 Å². The third kappa shape index (κ3) is 3.04. The molecule has 0 aliphatic rings. The van der Waals surface area contributed by atoms with Gasteiger partial charge >= 0.3 is 0 Å². The van der Waals surface area contributed by atoms with E-state index in [-0.39, 0.29) is 5.41 Å². The van der Waals surface area contributed by atoms with Crippen LogP contribution in [0.1, 0.15) is 25.8 Å². The Bertz CT molecular complexity index is 238. The highest BCUT2D eigenvalue weighted by Gasteiger charge is 2.23. The van der Waals surface area contributed by atoms with Crippen molar-refractivity contribution >= 4 is 11.5 Å². The molecule has 0 aliphatic carbocycles. The van der Waals surface area contributed by atoms with E-state index in [1.807, 2.05) is 7.05 Å². The van der Waals surface area contributed by atoms with Crippen LogP contribution in [0.25, 0.3) is 0 Å². The second kappa shape index (κ2) is 4.15. The summed E-state index contributed by atoms with van der Waals surface area (Å²) in [7, 11) is 2.00. The van der Waals surface area contributed by atoms with E-state index in [2.05, 4.69) is 35.4 Å². The van der Waals surface area contributed by atoms with Crippen LogP contribution in [0, 0.1) is 5.41 Å². The van der Waals surface area contributed by atoms with Crippen LogP contribution in [-0.4, -0.2) is 22.4 Å². The van der Waals surface area contributed by atoms with Crippen LogP contribution >= 0.6 is 11.5 Å². The molecule has 1 atom stereocenters. The van der Waals surface area contributed by atoms with Crippen LogP contribution in [0.5, 0.6) is 0 Å². The van der Waals surface area contributed by atoms with Crippen LogP contribution in [0.3, 0.4) is 0 Å². The van der Waals surface area contributed by atoms with Gasteiger partial charge in [0.25, 0.3) is 0 Å². The molecular weight excluding hydrogens is 182 g/mol. The van der Waals surface area contributed by atoms with Crippen LogP contribution in [0.2, 0.25) is 0 Å². The Morgan fingerprint density at radius 1 is 1.54 bits per heavy atom. The summed E-state index contributed by atoms with van der Waals surface area (Å²) in [6, 6.07) is 0.459. The van der Waals surface area contributed by atoms with Crippen molar-refractivity contribution in [3.05, 3.63) is 11.3 Å². The lowest BCUT2D eigenvalue weighted by atomic mass is 9.85. The van der Waals surface area contributed by atoms with Gasteiger partial charge in [-0.15, -0.1) is 0 Å². The van der Waals surface area contributed by atoms with Gasteiger partial charge in [-0.25, -0.2) is 4.98 Å². The van der Waals surface area contributed by atoms with Gasteiger partial charge in [0.1, 0.15) is 11.3 Å². The summed E-state index contributed by atoms with van der Waals surface area (Å²) in [6.45, 7) is 6.69. The maximum Gasteiger partial charge on any atom is 0.129 e. The molecule has 0 spiro atoms. The van der Waals surface area contributed by atoms with Crippen molar-refractivity contribution < 1.29 is 0 Å². The van der Waals surface area contributed by atoms with E-state index in [1.165, 1.54) is 11.5 Å². The Morgan fingerprint density at radius 2 is 2.23 bits per heavy atom. The predicted octanol–water partition coefficient (Wildman–Crippen LogP) is 1.71. The minimum atomic E-state index is 0.264. The molecular formula is C9H17N3S. The third-order valence-electron chi connectivity index (χ3n) is 2.18. The predicted molar refractivity (Wildman–Crippen MR) is 55.9 cm³/mol. The average molecular weight is 199 g/mol. The highest BCUT2D eigenvalue weighted by molar-refractivity contribution is 7.05. The molecule has 0 saturated carbocycles. The van der Waals surface area contributed by atoms with Crippen LogP contribution in [0.15, 0.2) is 6.33 Å². The Morgan fingerprint density at radius 3 is 2.62 bits per heavy atom. The zero-order valence-electron chi connectivity index (χ0n) is 8.66. The van der Waals surface area contributed by atoms with E-state index in [4.69, 9.17) is 0 Å².